The second-order valence-corrected chi connectivity index (χ2v) is 8.15. The summed E-state index contributed by atoms with van der Waals surface area (Å²) in [5.41, 5.74) is 3.56. The summed E-state index contributed by atoms with van der Waals surface area (Å²) >= 11 is 0. The number of nitrogens with one attached hydrogen (secondary N) is 1. The molecule has 0 saturated heterocycles. The average molecular weight is 485 g/mol. The van der Waals surface area contributed by atoms with Gasteiger partial charge in [0.15, 0.2) is 5.65 Å². The SMILES string of the molecule is COCCOc1cn2ccc3c(c2n1)NC(c1ccccc1)C(OC(=O)CCCCO[N+](=O)[O-])C3. The van der Waals surface area contributed by atoms with Crippen molar-refractivity contribution in [2.75, 3.05) is 32.2 Å². The van der Waals surface area contributed by atoms with Gasteiger partial charge in [-0.2, -0.15) is 4.98 Å². The van der Waals surface area contributed by atoms with Crippen LogP contribution in [0.4, 0.5) is 5.69 Å². The molecule has 4 rings (SSSR count). The number of fused-ring (bicyclic) bond motifs is 3. The van der Waals surface area contributed by atoms with E-state index in [9.17, 15) is 14.9 Å². The number of unbranched alkanes of at least 4 members (excludes halogenated alkanes) is 1. The second-order valence-electron chi connectivity index (χ2n) is 8.15. The van der Waals surface area contributed by atoms with E-state index in [0.717, 1.165) is 22.5 Å². The van der Waals surface area contributed by atoms with Gasteiger partial charge in [0.1, 0.15) is 12.7 Å². The average Bonchev–Trinajstić information content (AvgIpc) is 3.27. The Hall–Kier alpha value is -3.86. The highest BCUT2D eigenvalue weighted by Crippen LogP contribution is 2.37. The lowest BCUT2D eigenvalue weighted by Crippen LogP contribution is -2.36. The molecular formula is C24H28N4O7. The van der Waals surface area contributed by atoms with Gasteiger partial charge in [0.05, 0.1) is 31.1 Å². The lowest BCUT2D eigenvalue weighted by Gasteiger charge is -2.34. The van der Waals surface area contributed by atoms with Crippen molar-refractivity contribution in [1.82, 2.24) is 9.38 Å². The standard InChI is InChI=1S/C24H28N4O7/c1-32-13-14-33-20-16-27-11-10-18-15-19(35-21(29)9-5-6-12-34-28(30)31)22(17-7-3-2-4-8-17)26-23(18)24(27)25-20/h2-4,7-8,10-11,16,19,22,26H,5-6,9,12-15H2,1H3. The van der Waals surface area contributed by atoms with Gasteiger partial charge in [0.25, 0.3) is 5.09 Å². The fraction of sp³-hybridized carbons (Fsp3) is 0.417. The van der Waals surface area contributed by atoms with Gasteiger partial charge in [-0.25, -0.2) is 0 Å². The fourth-order valence-electron chi connectivity index (χ4n) is 4.08. The normalized spacial score (nSPS) is 16.8. The predicted octanol–water partition coefficient (Wildman–Crippen LogP) is 3.36. The number of ether oxygens (including phenoxy) is 3. The van der Waals surface area contributed by atoms with Crippen molar-refractivity contribution in [2.24, 2.45) is 0 Å². The van der Waals surface area contributed by atoms with E-state index in [4.69, 9.17) is 14.2 Å². The van der Waals surface area contributed by atoms with Crippen LogP contribution >= 0.6 is 0 Å². The largest absolute Gasteiger partial charge is 0.474 e. The first-order valence-corrected chi connectivity index (χ1v) is 11.5. The number of benzene rings is 1. The first-order chi connectivity index (χ1) is 17.0. The highest BCUT2D eigenvalue weighted by Gasteiger charge is 2.33. The zero-order valence-electron chi connectivity index (χ0n) is 19.4. The van der Waals surface area contributed by atoms with Crippen molar-refractivity contribution in [3.8, 4) is 5.88 Å². The van der Waals surface area contributed by atoms with Crippen molar-refractivity contribution < 1.29 is 28.9 Å². The number of carbonyl (C=O) groups is 1. The van der Waals surface area contributed by atoms with Gasteiger partial charge < -0.3 is 28.8 Å². The van der Waals surface area contributed by atoms with Crippen molar-refractivity contribution in [2.45, 2.75) is 37.8 Å². The number of hydrogen-bond donors (Lipinski definition) is 1. The predicted molar refractivity (Wildman–Crippen MR) is 126 cm³/mol. The van der Waals surface area contributed by atoms with Gasteiger partial charge in [-0.3, -0.25) is 4.79 Å². The molecule has 1 N–H and O–H groups in total. The summed E-state index contributed by atoms with van der Waals surface area (Å²) in [6, 6.07) is 11.5. The van der Waals surface area contributed by atoms with E-state index < -0.39 is 11.2 Å². The third kappa shape index (κ3) is 6.18. The lowest BCUT2D eigenvalue weighted by atomic mass is 9.91. The lowest BCUT2D eigenvalue weighted by molar-refractivity contribution is -0.757. The minimum absolute atomic E-state index is 0.0389. The molecule has 2 unspecified atom stereocenters. The molecule has 3 heterocycles. The molecule has 3 aromatic rings. The highest BCUT2D eigenvalue weighted by atomic mass is 16.9. The van der Waals surface area contributed by atoms with Gasteiger partial charge in [0.2, 0.25) is 5.88 Å². The third-order valence-corrected chi connectivity index (χ3v) is 5.73. The Morgan fingerprint density at radius 1 is 1.20 bits per heavy atom. The molecule has 186 valence electrons. The van der Waals surface area contributed by atoms with Crippen LogP contribution in [0.3, 0.4) is 0 Å². The molecule has 0 bridgehead atoms. The maximum atomic E-state index is 12.6. The molecule has 0 amide bonds. The van der Waals surface area contributed by atoms with E-state index >= 15 is 0 Å². The van der Waals surface area contributed by atoms with Crippen LogP contribution in [0, 0.1) is 10.1 Å². The van der Waals surface area contributed by atoms with Gasteiger partial charge >= 0.3 is 5.97 Å². The van der Waals surface area contributed by atoms with Crippen LogP contribution in [0.25, 0.3) is 5.65 Å². The van der Waals surface area contributed by atoms with Crippen LogP contribution in [-0.2, 0) is 25.5 Å². The van der Waals surface area contributed by atoms with Gasteiger partial charge in [-0.15, -0.1) is 10.1 Å². The quantitative estimate of drug-likeness (QED) is 0.178. The van der Waals surface area contributed by atoms with Crippen LogP contribution in [-0.4, -0.2) is 53.5 Å². The van der Waals surface area contributed by atoms with Crippen LogP contribution in [0.2, 0.25) is 0 Å². The van der Waals surface area contributed by atoms with E-state index in [1.807, 2.05) is 53.2 Å². The van der Waals surface area contributed by atoms with Crippen LogP contribution in [0.15, 0.2) is 48.8 Å². The topological polar surface area (TPSA) is 126 Å². The molecule has 2 atom stereocenters. The summed E-state index contributed by atoms with van der Waals surface area (Å²) in [6.07, 6.45) is 4.82. The highest BCUT2D eigenvalue weighted by molar-refractivity contribution is 5.75. The number of anilines is 1. The van der Waals surface area contributed by atoms with Crippen molar-refractivity contribution in [1.29, 1.82) is 0 Å². The summed E-state index contributed by atoms with van der Waals surface area (Å²) in [7, 11) is 1.62. The third-order valence-electron chi connectivity index (χ3n) is 5.73. The zero-order valence-corrected chi connectivity index (χ0v) is 19.4. The minimum Gasteiger partial charge on any atom is -0.474 e. The van der Waals surface area contributed by atoms with E-state index in [1.54, 1.807) is 7.11 Å². The smallest absolute Gasteiger partial charge is 0.306 e. The minimum atomic E-state index is -0.834. The molecule has 1 aliphatic heterocycles. The van der Waals surface area contributed by atoms with Crippen molar-refractivity contribution in [3.63, 3.8) is 0 Å². The summed E-state index contributed by atoms with van der Waals surface area (Å²) in [5, 5.41) is 13.0. The maximum Gasteiger partial charge on any atom is 0.306 e. The number of nitrogens with zero attached hydrogens (tertiary/aromatic N) is 3. The van der Waals surface area contributed by atoms with Crippen LogP contribution in [0.1, 0.15) is 36.4 Å². The number of carbonyl (C=O) groups excluding carboxylic acids is 1. The molecular weight excluding hydrogens is 456 g/mol. The van der Waals surface area contributed by atoms with Crippen LogP contribution in [0.5, 0.6) is 5.88 Å². The molecule has 0 aliphatic carbocycles. The number of methoxy groups -OCH3 is 1. The molecule has 0 spiro atoms. The molecule has 11 nitrogen and oxygen atoms in total. The molecule has 35 heavy (non-hydrogen) atoms. The first kappa shape index (κ1) is 24.3. The van der Waals surface area contributed by atoms with E-state index in [1.165, 1.54) is 0 Å². The van der Waals surface area contributed by atoms with Gasteiger partial charge in [-0.05, 0) is 30.0 Å². The summed E-state index contributed by atoms with van der Waals surface area (Å²) in [6.45, 7) is 0.831. The molecule has 0 radical (unpaired) electrons. The monoisotopic (exact) mass is 484 g/mol. The Bertz CT molecular complexity index is 1150. The van der Waals surface area contributed by atoms with Crippen LogP contribution < -0.4 is 10.1 Å². The molecule has 1 aliphatic rings. The molecule has 2 aromatic heterocycles. The van der Waals surface area contributed by atoms with Gasteiger partial charge in [0, 0.05) is 26.1 Å². The summed E-state index contributed by atoms with van der Waals surface area (Å²) in [5.74, 6) is 0.154. The number of esters is 1. The Kier molecular flexibility index (Phi) is 7.99. The maximum absolute atomic E-state index is 12.6. The Morgan fingerprint density at radius 3 is 2.80 bits per heavy atom. The van der Waals surface area contributed by atoms with Gasteiger partial charge in [-0.1, -0.05) is 30.3 Å². The zero-order chi connectivity index (χ0) is 24.6. The summed E-state index contributed by atoms with van der Waals surface area (Å²) < 4.78 is 18.5. The fourth-order valence-corrected chi connectivity index (χ4v) is 4.08. The molecule has 0 fully saturated rings. The second kappa shape index (κ2) is 11.5. The molecule has 0 saturated carbocycles. The first-order valence-electron chi connectivity index (χ1n) is 11.5. The van der Waals surface area contributed by atoms with E-state index in [2.05, 4.69) is 15.1 Å². The number of hydrogen-bond acceptors (Lipinski definition) is 9. The number of pyridine rings is 1. The van der Waals surface area contributed by atoms with Crippen molar-refractivity contribution in [3.05, 3.63) is 70.0 Å². The Morgan fingerprint density at radius 2 is 2.03 bits per heavy atom. The number of imidazole rings is 1. The van der Waals surface area contributed by atoms with E-state index in [0.29, 0.717) is 38.4 Å². The number of aromatic nitrogens is 2. The molecule has 11 heteroatoms. The van der Waals surface area contributed by atoms with Crippen molar-refractivity contribution >= 4 is 17.3 Å². The van der Waals surface area contributed by atoms with E-state index in [-0.39, 0.29) is 25.0 Å². The summed E-state index contributed by atoms with van der Waals surface area (Å²) in [4.78, 5) is 31.7. The Labute approximate surface area is 202 Å². The Balaban J connectivity index is 1.51. The number of rotatable bonds is 12. The molecule has 1 aromatic carbocycles.